The van der Waals surface area contributed by atoms with E-state index < -0.39 is 11.2 Å². The number of aliphatic hydroxyl groups excluding tert-OH is 2. The molecule has 1 aromatic rings. The van der Waals surface area contributed by atoms with Crippen LogP contribution in [0.4, 0.5) is 0 Å². The van der Waals surface area contributed by atoms with Crippen molar-refractivity contribution in [2.45, 2.75) is 47.0 Å². The van der Waals surface area contributed by atoms with Gasteiger partial charge in [-0.2, -0.15) is 0 Å². The molecule has 2 atom stereocenters. The molecule has 1 aromatic carbocycles. The Labute approximate surface area is 147 Å². The summed E-state index contributed by atoms with van der Waals surface area (Å²) in [5.74, 6) is -1.57. The lowest BCUT2D eigenvalue weighted by molar-refractivity contribution is -0.127. The molecule has 0 spiro atoms. The molecule has 4 heteroatoms. The maximum absolute atomic E-state index is 12.9. The highest BCUT2D eigenvalue weighted by molar-refractivity contribution is 6.25. The van der Waals surface area contributed by atoms with Crippen molar-refractivity contribution in [3.05, 3.63) is 57.6 Å². The van der Waals surface area contributed by atoms with Crippen molar-refractivity contribution in [1.82, 2.24) is 0 Å². The third-order valence-electron chi connectivity index (χ3n) is 5.53. The Morgan fingerprint density at radius 2 is 1.80 bits per heavy atom. The highest BCUT2D eigenvalue weighted by Gasteiger charge is 2.51. The van der Waals surface area contributed by atoms with E-state index in [1.807, 2.05) is 26.0 Å². The Morgan fingerprint density at radius 3 is 2.40 bits per heavy atom. The van der Waals surface area contributed by atoms with Gasteiger partial charge in [0.1, 0.15) is 17.1 Å². The van der Waals surface area contributed by atoms with Gasteiger partial charge in [0.15, 0.2) is 11.6 Å². The van der Waals surface area contributed by atoms with Crippen LogP contribution in [0.5, 0.6) is 0 Å². The summed E-state index contributed by atoms with van der Waals surface area (Å²) in [7, 11) is 0. The van der Waals surface area contributed by atoms with Gasteiger partial charge in [0, 0.05) is 11.5 Å². The van der Waals surface area contributed by atoms with Gasteiger partial charge in [-0.25, -0.2) is 0 Å². The van der Waals surface area contributed by atoms with Gasteiger partial charge in [0.05, 0.1) is 5.41 Å². The van der Waals surface area contributed by atoms with Crippen LogP contribution in [-0.2, 0) is 9.59 Å². The Balaban J connectivity index is 1.93. The predicted octanol–water partition coefficient (Wildman–Crippen LogP) is 4.23. The third kappa shape index (κ3) is 2.60. The maximum atomic E-state index is 12.9. The summed E-state index contributed by atoms with van der Waals surface area (Å²) in [6, 6.07) is 6.16. The number of Topliss-reactive ketones (excluding diaryl/α,β-unsaturated/α-hetero) is 2. The number of hydrogen-bond donors (Lipinski definition) is 2. The van der Waals surface area contributed by atoms with Crippen LogP contribution >= 0.6 is 0 Å². The molecule has 2 N–H and O–H groups in total. The van der Waals surface area contributed by atoms with Crippen molar-refractivity contribution in [3.8, 4) is 0 Å². The van der Waals surface area contributed by atoms with Crippen LogP contribution in [0.3, 0.4) is 0 Å². The smallest absolute Gasteiger partial charge is 0.183 e. The fourth-order valence-electron chi connectivity index (χ4n) is 3.78. The zero-order chi connectivity index (χ0) is 18.7. The normalized spacial score (nSPS) is 25.4. The highest BCUT2D eigenvalue weighted by atomic mass is 16.3. The van der Waals surface area contributed by atoms with E-state index in [0.717, 1.165) is 11.1 Å². The van der Waals surface area contributed by atoms with Crippen LogP contribution in [0.25, 0.3) is 0 Å². The average Bonchev–Trinajstić information content (AvgIpc) is 3.32. The minimum absolute atomic E-state index is 0.0871. The molecule has 1 saturated carbocycles. The number of benzene rings is 1. The van der Waals surface area contributed by atoms with E-state index in [9.17, 15) is 19.8 Å². The molecule has 2 aliphatic rings. The van der Waals surface area contributed by atoms with Crippen LogP contribution in [0.15, 0.2) is 40.9 Å². The van der Waals surface area contributed by atoms with Crippen LogP contribution in [0, 0.1) is 25.2 Å². The van der Waals surface area contributed by atoms with Gasteiger partial charge in [-0.05, 0) is 58.1 Å². The van der Waals surface area contributed by atoms with E-state index in [-0.39, 0.29) is 40.3 Å². The van der Waals surface area contributed by atoms with Crippen LogP contribution in [0.1, 0.15) is 49.8 Å². The predicted molar refractivity (Wildman–Crippen MR) is 95.5 cm³/mol. The van der Waals surface area contributed by atoms with E-state index in [1.165, 1.54) is 12.5 Å². The van der Waals surface area contributed by atoms with Crippen LogP contribution < -0.4 is 0 Å². The molecule has 1 fully saturated rings. The van der Waals surface area contributed by atoms with E-state index >= 15 is 0 Å². The number of allylic oxidation sites excluding steroid dienone is 3. The Kier molecular flexibility index (Phi) is 3.90. The van der Waals surface area contributed by atoms with E-state index in [2.05, 4.69) is 6.07 Å². The topological polar surface area (TPSA) is 74.6 Å². The largest absolute Gasteiger partial charge is 0.511 e. The molecule has 0 radical (unpaired) electrons. The molecule has 0 heterocycles. The first-order valence-electron chi connectivity index (χ1n) is 8.57. The van der Waals surface area contributed by atoms with Gasteiger partial charge in [-0.15, -0.1) is 0 Å². The SMILES string of the molecule is CC1=C(O)C(C)(C)C(=O)C(C(=O)C2CC2c2ccc(C)cc2C)=C1O. The molecule has 0 amide bonds. The quantitative estimate of drug-likeness (QED) is 0.808. The Bertz CT molecular complexity index is 855. The molecule has 2 aliphatic carbocycles. The zero-order valence-electron chi connectivity index (χ0n) is 15.3. The summed E-state index contributed by atoms with van der Waals surface area (Å²) >= 11 is 0. The number of ketones is 2. The summed E-state index contributed by atoms with van der Waals surface area (Å²) in [6.07, 6.45) is 0.683. The number of hydrogen-bond acceptors (Lipinski definition) is 4. The fourth-order valence-corrected chi connectivity index (χ4v) is 3.78. The lowest BCUT2D eigenvalue weighted by Crippen LogP contribution is -2.36. The fraction of sp³-hybridized carbons (Fsp3) is 0.429. The molecule has 2 unspecified atom stereocenters. The molecule has 0 saturated heterocycles. The standard InChI is InChI=1S/C21H24O4/c1-10-6-7-13(11(2)8-10)14-9-15(14)18(23)16-17(22)12(3)19(24)21(4,5)20(16)25/h6-8,14-15,22,24H,9H2,1-5H3. The highest BCUT2D eigenvalue weighted by Crippen LogP contribution is 2.51. The maximum Gasteiger partial charge on any atom is 0.183 e. The lowest BCUT2D eigenvalue weighted by atomic mass is 9.74. The summed E-state index contributed by atoms with van der Waals surface area (Å²) in [4.78, 5) is 25.6. The Hall–Kier alpha value is -2.36. The van der Waals surface area contributed by atoms with E-state index in [0.29, 0.717) is 6.42 Å². The van der Waals surface area contributed by atoms with Gasteiger partial charge in [-0.1, -0.05) is 23.8 Å². The summed E-state index contributed by atoms with van der Waals surface area (Å²) in [5, 5.41) is 20.5. The first-order valence-corrected chi connectivity index (χ1v) is 8.57. The van der Waals surface area contributed by atoms with Crippen LogP contribution in [0.2, 0.25) is 0 Å². The van der Waals surface area contributed by atoms with Crippen molar-refractivity contribution in [3.63, 3.8) is 0 Å². The van der Waals surface area contributed by atoms with Crippen molar-refractivity contribution in [2.24, 2.45) is 11.3 Å². The molecular weight excluding hydrogens is 316 g/mol. The molecule has 25 heavy (non-hydrogen) atoms. The first kappa shape index (κ1) is 17.5. The van der Waals surface area contributed by atoms with Gasteiger partial charge < -0.3 is 10.2 Å². The van der Waals surface area contributed by atoms with Crippen LogP contribution in [-0.4, -0.2) is 21.8 Å². The third-order valence-corrected chi connectivity index (χ3v) is 5.53. The average molecular weight is 340 g/mol. The van der Waals surface area contributed by atoms with Gasteiger partial charge in [-0.3, -0.25) is 9.59 Å². The molecule has 3 rings (SSSR count). The second-order valence-electron chi connectivity index (χ2n) is 7.82. The number of aliphatic hydroxyl groups is 2. The lowest BCUT2D eigenvalue weighted by Gasteiger charge is -2.29. The minimum atomic E-state index is -1.19. The molecule has 4 nitrogen and oxygen atoms in total. The van der Waals surface area contributed by atoms with Crippen molar-refractivity contribution < 1.29 is 19.8 Å². The second kappa shape index (κ2) is 5.58. The monoisotopic (exact) mass is 340 g/mol. The second-order valence-corrected chi connectivity index (χ2v) is 7.82. The van der Waals surface area contributed by atoms with Gasteiger partial charge in [0.2, 0.25) is 0 Å². The zero-order valence-corrected chi connectivity index (χ0v) is 15.3. The first-order chi connectivity index (χ1) is 11.6. The molecular formula is C21H24O4. The number of aryl methyl sites for hydroxylation is 2. The summed E-state index contributed by atoms with van der Waals surface area (Å²) in [6.45, 7) is 8.73. The number of carbonyl (C=O) groups excluding carboxylic acids is 2. The number of rotatable bonds is 3. The number of carbonyl (C=O) groups is 2. The van der Waals surface area contributed by atoms with Crippen molar-refractivity contribution >= 4 is 11.6 Å². The van der Waals surface area contributed by atoms with E-state index in [4.69, 9.17) is 0 Å². The molecule has 0 aromatic heterocycles. The molecule has 132 valence electrons. The van der Waals surface area contributed by atoms with Gasteiger partial charge >= 0.3 is 0 Å². The van der Waals surface area contributed by atoms with Crippen molar-refractivity contribution in [1.29, 1.82) is 0 Å². The van der Waals surface area contributed by atoms with Crippen molar-refractivity contribution in [2.75, 3.05) is 0 Å². The minimum Gasteiger partial charge on any atom is -0.511 e. The summed E-state index contributed by atoms with van der Waals surface area (Å²) in [5.41, 5.74) is 2.30. The van der Waals surface area contributed by atoms with Gasteiger partial charge in [0.25, 0.3) is 0 Å². The summed E-state index contributed by atoms with van der Waals surface area (Å²) < 4.78 is 0. The molecule has 0 bridgehead atoms. The molecule has 0 aliphatic heterocycles. The van der Waals surface area contributed by atoms with E-state index in [1.54, 1.807) is 13.8 Å². The Morgan fingerprint density at radius 1 is 1.16 bits per heavy atom.